The number of carbonyl (C=O) groups is 1. The molecular formula is C16H21N5O2. The van der Waals surface area contributed by atoms with Crippen molar-refractivity contribution in [2.75, 3.05) is 26.8 Å². The van der Waals surface area contributed by atoms with Crippen LogP contribution in [0.15, 0.2) is 18.5 Å². The van der Waals surface area contributed by atoms with Crippen molar-refractivity contribution < 1.29 is 9.53 Å². The number of aryl methyl sites for hydroxylation is 1. The van der Waals surface area contributed by atoms with Crippen LogP contribution < -0.4 is 0 Å². The summed E-state index contributed by atoms with van der Waals surface area (Å²) in [5.41, 5.74) is 1.69. The highest BCUT2D eigenvalue weighted by atomic mass is 16.5. The Hall–Kier alpha value is -2.28. The minimum absolute atomic E-state index is 0.0242. The molecule has 0 radical (unpaired) electrons. The molecule has 0 spiro atoms. The van der Waals surface area contributed by atoms with Gasteiger partial charge in [0.1, 0.15) is 18.1 Å². The lowest BCUT2D eigenvalue weighted by molar-refractivity contribution is -0.136. The Morgan fingerprint density at radius 3 is 3.09 bits per heavy atom. The smallest absolute Gasteiger partial charge is 0.248 e. The molecule has 23 heavy (non-hydrogen) atoms. The fraction of sp³-hybridized carbons (Fsp3) is 0.500. The maximum absolute atomic E-state index is 12.0. The SMILES string of the molecule is COCC(=O)N1CCC[C@H](c2nc(C)cc(-c3ncc[nH]3)n2)C1. The monoisotopic (exact) mass is 315 g/mol. The summed E-state index contributed by atoms with van der Waals surface area (Å²) >= 11 is 0. The molecule has 1 fully saturated rings. The molecule has 1 aliphatic heterocycles. The molecule has 2 aromatic rings. The molecule has 2 aromatic heterocycles. The highest BCUT2D eigenvalue weighted by Gasteiger charge is 2.27. The summed E-state index contributed by atoms with van der Waals surface area (Å²) in [6, 6.07) is 1.92. The van der Waals surface area contributed by atoms with E-state index >= 15 is 0 Å². The van der Waals surface area contributed by atoms with Gasteiger partial charge in [-0.3, -0.25) is 4.79 Å². The van der Waals surface area contributed by atoms with Crippen LogP contribution in [0.1, 0.15) is 30.3 Å². The molecule has 122 valence electrons. The third-order valence-electron chi connectivity index (χ3n) is 4.02. The zero-order chi connectivity index (χ0) is 16.2. The number of nitrogens with one attached hydrogen (secondary N) is 1. The Kier molecular flexibility index (Phi) is 4.66. The number of carbonyl (C=O) groups excluding carboxylic acids is 1. The number of imidazole rings is 1. The molecule has 0 unspecified atom stereocenters. The van der Waals surface area contributed by atoms with Crippen LogP contribution in [0.5, 0.6) is 0 Å². The summed E-state index contributed by atoms with van der Waals surface area (Å²) in [6.45, 7) is 3.49. The number of nitrogens with zero attached hydrogens (tertiary/aromatic N) is 4. The first kappa shape index (κ1) is 15.6. The van der Waals surface area contributed by atoms with E-state index in [1.165, 1.54) is 0 Å². The van der Waals surface area contributed by atoms with E-state index in [0.29, 0.717) is 6.54 Å². The van der Waals surface area contributed by atoms with E-state index < -0.39 is 0 Å². The van der Waals surface area contributed by atoms with Crippen LogP contribution >= 0.6 is 0 Å². The third-order valence-corrected chi connectivity index (χ3v) is 4.02. The van der Waals surface area contributed by atoms with Crippen molar-refractivity contribution in [2.45, 2.75) is 25.7 Å². The van der Waals surface area contributed by atoms with Crippen LogP contribution in [-0.2, 0) is 9.53 Å². The average molecular weight is 315 g/mol. The molecule has 3 heterocycles. The van der Waals surface area contributed by atoms with Crippen molar-refractivity contribution in [1.82, 2.24) is 24.8 Å². The fourth-order valence-electron chi connectivity index (χ4n) is 2.93. The van der Waals surface area contributed by atoms with Crippen LogP contribution in [0.4, 0.5) is 0 Å². The predicted molar refractivity (Wildman–Crippen MR) is 84.8 cm³/mol. The van der Waals surface area contributed by atoms with Crippen molar-refractivity contribution >= 4 is 5.91 Å². The van der Waals surface area contributed by atoms with Gasteiger partial charge in [-0.1, -0.05) is 0 Å². The maximum atomic E-state index is 12.0. The van der Waals surface area contributed by atoms with Crippen LogP contribution in [-0.4, -0.2) is 57.5 Å². The molecule has 0 saturated carbocycles. The molecule has 1 N–H and O–H groups in total. The highest BCUT2D eigenvalue weighted by Crippen LogP contribution is 2.26. The van der Waals surface area contributed by atoms with Gasteiger partial charge in [-0.05, 0) is 25.8 Å². The van der Waals surface area contributed by atoms with E-state index in [0.717, 1.165) is 42.4 Å². The maximum Gasteiger partial charge on any atom is 0.248 e. The van der Waals surface area contributed by atoms with Gasteiger partial charge < -0.3 is 14.6 Å². The lowest BCUT2D eigenvalue weighted by Gasteiger charge is -2.32. The number of likely N-dealkylation sites (tertiary alicyclic amines) is 1. The molecule has 1 aliphatic rings. The molecular weight excluding hydrogens is 294 g/mol. The van der Waals surface area contributed by atoms with Gasteiger partial charge in [0.05, 0.1) is 0 Å². The summed E-state index contributed by atoms with van der Waals surface area (Å²) in [4.78, 5) is 30.5. The van der Waals surface area contributed by atoms with Crippen molar-refractivity contribution in [2.24, 2.45) is 0 Å². The van der Waals surface area contributed by atoms with E-state index in [4.69, 9.17) is 4.74 Å². The zero-order valence-corrected chi connectivity index (χ0v) is 13.5. The van der Waals surface area contributed by atoms with Crippen LogP contribution in [0, 0.1) is 6.92 Å². The predicted octanol–water partition coefficient (Wildman–Crippen LogP) is 1.53. The number of hydrogen-bond acceptors (Lipinski definition) is 5. The summed E-state index contributed by atoms with van der Waals surface area (Å²) in [7, 11) is 1.54. The number of aromatic nitrogens is 4. The van der Waals surface area contributed by atoms with E-state index in [2.05, 4.69) is 19.9 Å². The molecule has 3 rings (SSSR count). The van der Waals surface area contributed by atoms with Gasteiger partial charge in [-0.2, -0.15) is 0 Å². The number of piperidine rings is 1. The van der Waals surface area contributed by atoms with Crippen molar-refractivity contribution in [1.29, 1.82) is 0 Å². The minimum Gasteiger partial charge on any atom is -0.375 e. The van der Waals surface area contributed by atoms with Gasteiger partial charge in [0.15, 0.2) is 5.82 Å². The first-order valence-corrected chi connectivity index (χ1v) is 7.79. The van der Waals surface area contributed by atoms with Crippen molar-refractivity contribution in [3.63, 3.8) is 0 Å². The van der Waals surface area contributed by atoms with E-state index in [1.807, 2.05) is 17.9 Å². The third kappa shape index (κ3) is 3.56. The van der Waals surface area contributed by atoms with Crippen molar-refractivity contribution in [3.8, 4) is 11.5 Å². The molecule has 1 amide bonds. The first-order chi connectivity index (χ1) is 11.2. The molecule has 1 saturated heterocycles. The lowest BCUT2D eigenvalue weighted by Crippen LogP contribution is -2.41. The van der Waals surface area contributed by atoms with Gasteiger partial charge in [0, 0.05) is 44.2 Å². The van der Waals surface area contributed by atoms with Crippen molar-refractivity contribution in [3.05, 3.63) is 30.0 Å². The second-order valence-corrected chi connectivity index (χ2v) is 5.80. The van der Waals surface area contributed by atoms with Crippen LogP contribution in [0.2, 0.25) is 0 Å². The van der Waals surface area contributed by atoms with E-state index in [-0.39, 0.29) is 18.4 Å². The topological polar surface area (TPSA) is 84.0 Å². The Labute approximate surface area is 135 Å². The van der Waals surface area contributed by atoms with Gasteiger partial charge in [-0.15, -0.1) is 0 Å². The largest absolute Gasteiger partial charge is 0.375 e. The van der Waals surface area contributed by atoms with Gasteiger partial charge >= 0.3 is 0 Å². The molecule has 0 aliphatic carbocycles. The summed E-state index contributed by atoms with van der Waals surface area (Å²) in [6.07, 6.45) is 5.42. The second-order valence-electron chi connectivity index (χ2n) is 5.80. The minimum atomic E-state index is 0.0242. The molecule has 7 nitrogen and oxygen atoms in total. The molecule has 0 aromatic carbocycles. The van der Waals surface area contributed by atoms with Gasteiger partial charge in [0.2, 0.25) is 5.91 Å². The number of methoxy groups -OCH3 is 1. The standard InChI is InChI=1S/C16H21N5O2/c1-11-8-13(16-17-5-6-18-16)20-15(19-11)12-4-3-7-21(9-12)14(22)10-23-2/h5-6,8,12H,3-4,7,9-10H2,1-2H3,(H,17,18)/t12-/m0/s1. The summed E-state index contributed by atoms with van der Waals surface area (Å²) < 4.78 is 4.95. The number of rotatable bonds is 4. The summed E-state index contributed by atoms with van der Waals surface area (Å²) in [5, 5.41) is 0. The highest BCUT2D eigenvalue weighted by molar-refractivity contribution is 5.77. The molecule has 7 heteroatoms. The Bertz CT molecular complexity index is 671. The number of H-pyrrole nitrogens is 1. The number of ether oxygens (including phenoxy) is 1. The number of hydrogen-bond donors (Lipinski definition) is 1. The normalized spacial score (nSPS) is 18.2. The second kappa shape index (κ2) is 6.87. The number of amides is 1. The Morgan fingerprint density at radius 2 is 2.35 bits per heavy atom. The van der Waals surface area contributed by atoms with Crippen LogP contribution in [0.3, 0.4) is 0 Å². The molecule has 0 bridgehead atoms. The Balaban J connectivity index is 1.82. The summed E-state index contributed by atoms with van der Waals surface area (Å²) in [5.74, 6) is 1.69. The van der Waals surface area contributed by atoms with E-state index in [1.54, 1.807) is 19.5 Å². The van der Waals surface area contributed by atoms with Crippen LogP contribution in [0.25, 0.3) is 11.5 Å². The zero-order valence-electron chi connectivity index (χ0n) is 13.5. The first-order valence-electron chi connectivity index (χ1n) is 7.79. The molecule has 1 atom stereocenters. The van der Waals surface area contributed by atoms with Gasteiger partial charge in [0.25, 0.3) is 0 Å². The lowest BCUT2D eigenvalue weighted by atomic mass is 9.97. The number of aromatic amines is 1. The van der Waals surface area contributed by atoms with E-state index in [9.17, 15) is 4.79 Å². The average Bonchev–Trinajstić information content (AvgIpc) is 3.09. The quantitative estimate of drug-likeness (QED) is 0.925. The Morgan fingerprint density at radius 1 is 1.48 bits per heavy atom. The van der Waals surface area contributed by atoms with Gasteiger partial charge in [-0.25, -0.2) is 15.0 Å². The fourth-order valence-corrected chi connectivity index (χ4v) is 2.93.